The zero-order valence-corrected chi connectivity index (χ0v) is 5.61. The SMILES string of the molecule is CC1CN=C(CO)S1. The van der Waals surface area contributed by atoms with Crippen LogP contribution in [0, 0.1) is 0 Å². The van der Waals surface area contributed by atoms with Gasteiger partial charge in [-0.15, -0.1) is 11.8 Å². The molecular formula is C5H9NOS. The molecule has 0 saturated carbocycles. The first-order valence-corrected chi connectivity index (χ1v) is 3.51. The van der Waals surface area contributed by atoms with Crippen molar-refractivity contribution >= 4 is 16.8 Å². The van der Waals surface area contributed by atoms with Crippen molar-refractivity contribution in [3.05, 3.63) is 0 Å². The lowest BCUT2D eigenvalue weighted by atomic mass is 10.5. The lowest BCUT2D eigenvalue weighted by molar-refractivity contribution is 0.360. The monoisotopic (exact) mass is 131 g/mol. The average Bonchev–Trinajstić information content (AvgIpc) is 2.14. The van der Waals surface area contributed by atoms with Crippen LogP contribution in [0.3, 0.4) is 0 Å². The number of aliphatic hydroxyl groups excluding tert-OH is 1. The van der Waals surface area contributed by atoms with Crippen molar-refractivity contribution in [1.29, 1.82) is 0 Å². The minimum atomic E-state index is 0.120. The Labute approximate surface area is 53.0 Å². The van der Waals surface area contributed by atoms with E-state index in [-0.39, 0.29) is 6.61 Å². The summed E-state index contributed by atoms with van der Waals surface area (Å²) in [5.74, 6) is 0. The van der Waals surface area contributed by atoms with Gasteiger partial charge < -0.3 is 5.11 Å². The van der Waals surface area contributed by atoms with E-state index in [2.05, 4.69) is 11.9 Å². The summed E-state index contributed by atoms with van der Waals surface area (Å²) in [7, 11) is 0. The molecule has 0 aromatic carbocycles. The van der Waals surface area contributed by atoms with Gasteiger partial charge in [0, 0.05) is 5.25 Å². The number of hydrogen-bond donors (Lipinski definition) is 1. The summed E-state index contributed by atoms with van der Waals surface area (Å²) in [5.41, 5.74) is 0. The van der Waals surface area contributed by atoms with Crippen LogP contribution in [-0.2, 0) is 0 Å². The lowest BCUT2D eigenvalue weighted by Gasteiger charge is -1.94. The Balaban J connectivity index is 2.37. The predicted molar refractivity (Wildman–Crippen MR) is 36.4 cm³/mol. The van der Waals surface area contributed by atoms with Crippen LogP contribution >= 0.6 is 11.8 Å². The van der Waals surface area contributed by atoms with Crippen LogP contribution in [0.15, 0.2) is 4.99 Å². The molecule has 0 bridgehead atoms. The topological polar surface area (TPSA) is 32.6 Å². The van der Waals surface area contributed by atoms with Crippen LogP contribution in [-0.4, -0.2) is 28.6 Å². The number of aliphatic imine (C=N–C) groups is 1. The Morgan fingerprint density at radius 2 is 2.75 bits per heavy atom. The van der Waals surface area contributed by atoms with Crippen molar-refractivity contribution in [3.63, 3.8) is 0 Å². The number of hydrogen-bond acceptors (Lipinski definition) is 3. The third-order valence-corrected chi connectivity index (χ3v) is 2.08. The smallest absolute Gasteiger partial charge is 0.0934 e. The van der Waals surface area contributed by atoms with Gasteiger partial charge in [-0.25, -0.2) is 0 Å². The van der Waals surface area contributed by atoms with Gasteiger partial charge in [0.1, 0.15) is 0 Å². The van der Waals surface area contributed by atoms with Gasteiger partial charge in [0.25, 0.3) is 0 Å². The zero-order valence-electron chi connectivity index (χ0n) is 4.79. The molecule has 0 spiro atoms. The highest BCUT2D eigenvalue weighted by molar-refractivity contribution is 8.14. The Hall–Kier alpha value is -0.0200. The summed E-state index contributed by atoms with van der Waals surface area (Å²) in [4.78, 5) is 4.06. The summed E-state index contributed by atoms with van der Waals surface area (Å²) in [6.45, 7) is 3.10. The molecule has 0 amide bonds. The maximum absolute atomic E-state index is 8.53. The number of rotatable bonds is 1. The van der Waals surface area contributed by atoms with Gasteiger partial charge in [0.15, 0.2) is 0 Å². The second kappa shape index (κ2) is 2.51. The summed E-state index contributed by atoms with van der Waals surface area (Å²) >= 11 is 1.67. The molecule has 1 heterocycles. The van der Waals surface area contributed by atoms with E-state index in [9.17, 15) is 0 Å². The predicted octanol–water partition coefficient (Wildman–Crippen LogP) is 0.512. The minimum absolute atomic E-state index is 0.120. The molecule has 46 valence electrons. The Kier molecular flexibility index (Phi) is 1.91. The second-order valence-corrected chi connectivity index (χ2v) is 3.33. The van der Waals surface area contributed by atoms with E-state index in [0.29, 0.717) is 5.25 Å². The van der Waals surface area contributed by atoms with Gasteiger partial charge in [-0.1, -0.05) is 6.92 Å². The molecule has 0 aromatic rings. The third-order valence-electron chi connectivity index (χ3n) is 0.997. The lowest BCUT2D eigenvalue weighted by Crippen LogP contribution is -1.96. The first-order valence-electron chi connectivity index (χ1n) is 2.64. The van der Waals surface area contributed by atoms with Gasteiger partial charge in [0.2, 0.25) is 0 Å². The average molecular weight is 131 g/mol. The molecular weight excluding hydrogens is 122 g/mol. The molecule has 2 nitrogen and oxygen atoms in total. The molecule has 0 saturated heterocycles. The molecule has 1 rings (SSSR count). The molecule has 1 atom stereocenters. The minimum Gasteiger partial charge on any atom is -0.390 e. The Morgan fingerprint density at radius 3 is 3.00 bits per heavy atom. The van der Waals surface area contributed by atoms with E-state index in [4.69, 9.17) is 5.11 Å². The number of nitrogens with zero attached hydrogens (tertiary/aromatic N) is 1. The van der Waals surface area contributed by atoms with Crippen LogP contribution in [0.4, 0.5) is 0 Å². The van der Waals surface area contributed by atoms with Gasteiger partial charge in [-0.05, 0) is 0 Å². The van der Waals surface area contributed by atoms with Crippen molar-refractivity contribution < 1.29 is 5.11 Å². The molecule has 0 aromatic heterocycles. The van der Waals surface area contributed by atoms with Crippen molar-refractivity contribution in [3.8, 4) is 0 Å². The van der Waals surface area contributed by atoms with E-state index in [0.717, 1.165) is 11.6 Å². The van der Waals surface area contributed by atoms with Gasteiger partial charge in [-0.2, -0.15) is 0 Å². The standard InChI is InChI=1S/C5H9NOS/c1-4-2-6-5(3-7)8-4/h4,7H,2-3H2,1H3. The first-order chi connectivity index (χ1) is 3.83. The van der Waals surface area contributed by atoms with E-state index in [1.165, 1.54) is 0 Å². The molecule has 1 unspecified atom stereocenters. The maximum Gasteiger partial charge on any atom is 0.0934 e. The number of aliphatic hydroxyl groups is 1. The molecule has 3 heteroatoms. The summed E-state index contributed by atoms with van der Waals surface area (Å²) in [6, 6.07) is 0. The van der Waals surface area contributed by atoms with E-state index in [1.807, 2.05) is 0 Å². The fourth-order valence-electron chi connectivity index (χ4n) is 0.624. The van der Waals surface area contributed by atoms with Crippen molar-refractivity contribution in [2.24, 2.45) is 4.99 Å². The van der Waals surface area contributed by atoms with Crippen LogP contribution in [0.1, 0.15) is 6.92 Å². The summed E-state index contributed by atoms with van der Waals surface area (Å²) < 4.78 is 0. The molecule has 0 aliphatic carbocycles. The van der Waals surface area contributed by atoms with Crippen LogP contribution in [0.5, 0.6) is 0 Å². The van der Waals surface area contributed by atoms with Gasteiger partial charge >= 0.3 is 0 Å². The molecule has 1 N–H and O–H groups in total. The highest BCUT2D eigenvalue weighted by Crippen LogP contribution is 2.19. The highest BCUT2D eigenvalue weighted by atomic mass is 32.2. The fraction of sp³-hybridized carbons (Fsp3) is 0.800. The largest absolute Gasteiger partial charge is 0.390 e. The first kappa shape index (κ1) is 6.11. The van der Waals surface area contributed by atoms with Crippen LogP contribution < -0.4 is 0 Å². The van der Waals surface area contributed by atoms with Crippen molar-refractivity contribution in [1.82, 2.24) is 0 Å². The van der Waals surface area contributed by atoms with Crippen molar-refractivity contribution in [2.75, 3.05) is 13.2 Å². The molecule has 0 radical (unpaired) electrons. The molecule has 8 heavy (non-hydrogen) atoms. The molecule has 1 aliphatic heterocycles. The van der Waals surface area contributed by atoms with E-state index in [1.54, 1.807) is 11.8 Å². The van der Waals surface area contributed by atoms with E-state index < -0.39 is 0 Å². The Morgan fingerprint density at radius 1 is 2.00 bits per heavy atom. The normalized spacial score (nSPS) is 28.2. The maximum atomic E-state index is 8.53. The quantitative estimate of drug-likeness (QED) is 0.562. The van der Waals surface area contributed by atoms with Crippen molar-refractivity contribution in [2.45, 2.75) is 12.2 Å². The van der Waals surface area contributed by atoms with Crippen LogP contribution in [0.25, 0.3) is 0 Å². The van der Waals surface area contributed by atoms with Gasteiger partial charge in [-0.3, -0.25) is 4.99 Å². The summed E-state index contributed by atoms with van der Waals surface area (Å²) in [6.07, 6.45) is 0. The fourth-order valence-corrected chi connectivity index (χ4v) is 1.46. The van der Waals surface area contributed by atoms with E-state index >= 15 is 0 Å². The third kappa shape index (κ3) is 1.23. The van der Waals surface area contributed by atoms with Gasteiger partial charge in [0.05, 0.1) is 18.2 Å². The molecule has 1 aliphatic rings. The summed E-state index contributed by atoms with van der Waals surface area (Å²) in [5, 5.41) is 10.00. The number of thioether (sulfide) groups is 1. The zero-order chi connectivity index (χ0) is 5.98. The Bertz CT molecular complexity index is 113. The highest BCUT2D eigenvalue weighted by Gasteiger charge is 2.12. The molecule has 0 fully saturated rings. The second-order valence-electron chi connectivity index (χ2n) is 1.82. The van der Waals surface area contributed by atoms with Crippen LogP contribution in [0.2, 0.25) is 0 Å².